The summed E-state index contributed by atoms with van der Waals surface area (Å²) in [4.78, 5) is 21.4. The van der Waals surface area contributed by atoms with Crippen LogP contribution in [0.4, 0.5) is 11.5 Å². The number of nitrogen functional groups attached to an aromatic ring is 1. The van der Waals surface area contributed by atoms with Gasteiger partial charge in [-0.15, -0.1) is 11.3 Å². The van der Waals surface area contributed by atoms with Gasteiger partial charge in [-0.05, 0) is 60.6 Å². The number of primary amides is 1. The molecule has 1 aliphatic heterocycles. The molecule has 4 aromatic rings. The van der Waals surface area contributed by atoms with E-state index in [2.05, 4.69) is 49.1 Å². The topological polar surface area (TPSA) is 115 Å². The van der Waals surface area contributed by atoms with Crippen LogP contribution in [0.1, 0.15) is 34.0 Å². The van der Waals surface area contributed by atoms with Gasteiger partial charge in [-0.1, -0.05) is 12.1 Å². The summed E-state index contributed by atoms with van der Waals surface area (Å²) in [6, 6.07) is 8.29. The zero-order valence-corrected chi connectivity index (χ0v) is 22.1. The maximum Gasteiger partial charge on any atom is 0.262 e. The van der Waals surface area contributed by atoms with E-state index in [1.807, 2.05) is 25.1 Å². The number of hydrogen-bond donors (Lipinski definition) is 2. The Morgan fingerprint density at radius 3 is 2.97 bits per heavy atom. The zero-order valence-electron chi connectivity index (χ0n) is 19.7. The molecule has 0 spiro atoms. The Bertz CT molecular complexity index is 1400. The second-order valence-electron chi connectivity index (χ2n) is 9.04. The van der Waals surface area contributed by atoms with Gasteiger partial charge in [-0.3, -0.25) is 4.79 Å². The molecule has 1 atom stereocenters. The average molecular weight is 559 g/mol. The number of fused-ring (bicyclic) bond motifs is 2. The summed E-state index contributed by atoms with van der Waals surface area (Å²) in [5.41, 5.74) is 15.0. The summed E-state index contributed by atoms with van der Waals surface area (Å²) in [6.07, 6.45) is 3.52. The molecular formula is C24H28BrN7O2S. The van der Waals surface area contributed by atoms with E-state index in [-0.39, 0.29) is 5.92 Å². The molecule has 1 fully saturated rings. The van der Waals surface area contributed by atoms with Crippen molar-refractivity contribution >= 4 is 60.3 Å². The molecule has 184 valence electrons. The molecule has 1 amide bonds. The number of amides is 1. The summed E-state index contributed by atoms with van der Waals surface area (Å²) < 4.78 is 9.82. The van der Waals surface area contributed by atoms with E-state index in [0.717, 1.165) is 58.4 Å². The minimum atomic E-state index is -0.456. The van der Waals surface area contributed by atoms with Gasteiger partial charge in [0.1, 0.15) is 27.9 Å². The predicted molar refractivity (Wildman–Crippen MR) is 144 cm³/mol. The highest BCUT2D eigenvalue weighted by atomic mass is 79.9. The molecule has 9 nitrogen and oxygen atoms in total. The van der Waals surface area contributed by atoms with Crippen LogP contribution in [0.25, 0.3) is 15.6 Å². The first-order chi connectivity index (χ1) is 16.8. The number of likely N-dealkylation sites (N-methyl/N-ethyl adjacent to an activating group) is 1. The van der Waals surface area contributed by atoms with Crippen molar-refractivity contribution < 1.29 is 9.53 Å². The fourth-order valence-electron chi connectivity index (χ4n) is 4.82. The van der Waals surface area contributed by atoms with E-state index in [9.17, 15) is 4.79 Å². The first kappa shape index (κ1) is 23.8. The minimum absolute atomic E-state index is 0.249. The van der Waals surface area contributed by atoms with Crippen LogP contribution in [-0.2, 0) is 0 Å². The largest absolute Gasteiger partial charge is 0.490 e. The maximum atomic E-state index is 12.3. The highest BCUT2D eigenvalue weighted by molar-refractivity contribution is 9.10. The maximum absolute atomic E-state index is 12.3. The molecule has 4 heterocycles. The number of piperidine rings is 1. The van der Waals surface area contributed by atoms with E-state index < -0.39 is 5.91 Å². The quantitative estimate of drug-likeness (QED) is 0.355. The lowest BCUT2D eigenvalue weighted by Gasteiger charge is -2.34. The molecule has 0 aliphatic carbocycles. The molecule has 1 unspecified atom stereocenters. The van der Waals surface area contributed by atoms with E-state index in [0.29, 0.717) is 23.1 Å². The first-order valence-corrected chi connectivity index (χ1v) is 13.1. The summed E-state index contributed by atoms with van der Waals surface area (Å²) in [5.74, 6) is 0.855. The first-order valence-electron chi connectivity index (χ1n) is 11.5. The van der Waals surface area contributed by atoms with Crippen LogP contribution in [0.5, 0.6) is 5.75 Å². The summed E-state index contributed by atoms with van der Waals surface area (Å²) >= 11 is 5.00. The number of carbonyl (C=O) groups is 1. The highest BCUT2D eigenvalue weighted by Gasteiger charge is 2.29. The lowest BCUT2D eigenvalue weighted by molar-refractivity contribution is 0.100. The SMILES string of the molecule is CN(C)CCOc1c(C(N)=O)sc2cccc(C3CCCN(c4cc(Br)n5ncnc(N)c45)C3)c12. The van der Waals surface area contributed by atoms with Crippen molar-refractivity contribution in [1.29, 1.82) is 0 Å². The molecule has 0 radical (unpaired) electrons. The molecule has 5 rings (SSSR count). The Kier molecular flexibility index (Phi) is 6.56. The molecule has 35 heavy (non-hydrogen) atoms. The van der Waals surface area contributed by atoms with Crippen LogP contribution in [-0.4, -0.2) is 65.7 Å². The number of hydrogen-bond acceptors (Lipinski definition) is 8. The Hall–Kier alpha value is -2.89. The van der Waals surface area contributed by atoms with Gasteiger partial charge >= 0.3 is 0 Å². The Balaban J connectivity index is 1.54. The van der Waals surface area contributed by atoms with Gasteiger partial charge in [0, 0.05) is 35.6 Å². The number of halogens is 1. The number of thiophene rings is 1. The Labute approximate surface area is 215 Å². The normalized spacial score (nSPS) is 16.5. The fourth-order valence-corrected chi connectivity index (χ4v) is 6.34. The van der Waals surface area contributed by atoms with Crippen LogP contribution in [0.2, 0.25) is 0 Å². The molecule has 0 bridgehead atoms. The van der Waals surface area contributed by atoms with E-state index in [4.69, 9.17) is 16.2 Å². The number of ether oxygens (including phenoxy) is 1. The van der Waals surface area contributed by atoms with E-state index in [1.165, 1.54) is 23.2 Å². The number of nitrogens with zero attached hydrogens (tertiary/aromatic N) is 5. The van der Waals surface area contributed by atoms with Crippen LogP contribution in [0.15, 0.2) is 35.2 Å². The Morgan fingerprint density at radius 2 is 2.20 bits per heavy atom. The molecule has 1 saturated heterocycles. The third-order valence-corrected chi connectivity index (χ3v) is 8.15. The fraction of sp³-hybridized carbons (Fsp3) is 0.375. The van der Waals surface area contributed by atoms with Gasteiger partial charge in [0.2, 0.25) is 0 Å². The molecule has 0 saturated carbocycles. The van der Waals surface area contributed by atoms with Crippen molar-refractivity contribution in [2.75, 3.05) is 51.0 Å². The van der Waals surface area contributed by atoms with Gasteiger partial charge in [-0.2, -0.15) is 5.10 Å². The number of carbonyl (C=O) groups excluding carboxylic acids is 1. The summed E-state index contributed by atoms with van der Waals surface area (Å²) in [5, 5.41) is 5.34. The summed E-state index contributed by atoms with van der Waals surface area (Å²) in [6.45, 7) is 2.94. The smallest absolute Gasteiger partial charge is 0.262 e. The van der Waals surface area contributed by atoms with Crippen LogP contribution in [0, 0.1) is 0 Å². The van der Waals surface area contributed by atoms with Crippen molar-refractivity contribution in [2.24, 2.45) is 5.73 Å². The van der Waals surface area contributed by atoms with Gasteiger partial charge in [0.25, 0.3) is 5.91 Å². The minimum Gasteiger partial charge on any atom is -0.490 e. The van der Waals surface area contributed by atoms with E-state index >= 15 is 0 Å². The van der Waals surface area contributed by atoms with Crippen LogP contribution >= 0.6 is 27.3 Å². The summed E-state index contributed by atoms with van der Waals surface area (Å²) in [7, 11) is 3.99. The second-order valence-corrected chi connectivity index (χ2v) is 10.9. The molecule has 1 aromatic carbocycles. The molecular weight excluding hydrogens is 530 g/mol. The Morgan fingerprint density at radius 1 is 1.37 bits per heavy atom. The zero-order chi connectivity index (χ0) is 24.7. The molecule has 3 aromatic heterocycles. The number of nitrogens with two attached hydrogens (primary N) is 2. The lowest BCUT2D eigenvalue weighted by Crippen LogP contribution is -2.34. The second kappa shape index (κ2) is 9.63. The monoisotopic (exact) mass is 557 g/mol. The van der Waals surface area contributed by atoms with Gasteiger partial charge in [0.15, 0.2) is 11.6 Å². The number of rotatable bonds is 7. The van der Waals surface area contributed by atoms with Crippen molar-refractivity contribution in [3.63, 3.8) is 0 Å². The van der Waals surface area contributed by atoms with Crippen molar-refractivity contribution in [3.8, 4) is 5.75 Å². The van der Waals surface area contributed by atoms with Gasteiger partial charge in [0.05, 0.1) is 5.69 Å². The lowest BCUT2D eigenvalue weighted by atomic mass is 9.88. The van der Waals surface area contributed by atoms with Crippen molar-refractivity contribution in [1.82, 2.24) is 19.5 Å². The predicted octanol–water partition coefficient (Wildman–Crippen LogP) is 3.71. The standard InChI is InChI=1S/C24H28BrN7O2S/c1-30(2)9-10-34-21-19-15(6-3-7-17(19)35-22(21)24(27)33)14-5-4-8-31(12-14)16-11-18(25)32-20(16)23(26)28-13-29-32/h3,6-7,11,13-14H,4-5,8-10,12H2,1-2H3,(H2,27,33)(H2,26,28,29). The van der Waals surface area contributed by atoms with Crippen LogP contribution in [0.3, 0.4) is 0 Å². The van der Waals surface area contributed by atoms with Crippen LogP contribution < -0.4 is 21.1 Å². The molecule has 1 aliphatic rings. The van der Waals surface area contributed by atoms with E-state index in [1.54, 1.807) is 4.52 Å². The molecule has 11 heteroatoms. The number of anilines is 2. The number of benzene rings is 1. The third kappa shape index (κ3) is 4.43. The van der Waals surface area contributed by atoms with Crippen molar-refractivity contribution in [2.45, 2.75) is 18.8 Å². The highest BCUT2D eigenvalue weighted by Crippen LogP contribution is 2.44. The third-order valence-electron chi connectivity index (χ3n) is 6.43. The number of aromatic nitrogens is 3. The van der Waals surface area contributed by atoms with Crippen molar-refractivity contribution in [3.05, 3.63) is 45.6 Å². The van der Waals surface area contributed by atoms with Gasteiger partial charge in [-0.25, -0.2) is 9.50 Å². The van der Waals surface area contributed by atoms with Gasteiger partial charge < -0.3 is 26.0 Å². The molecule has 4 N–H and O–H groups in total. The average Bonchev–Trinajstić information content (AvgIpc) is 3.38.